The maximum absolute atomic E-state index is 11.0. The smallest absolute Gasteiger partial charge is 0.326 e. The number of ether oxygens (including phenoxy) is 3. The van der Waals surface area contributed by atoms with Crippen LogP contribution >= 0.6 is 15.6 Å². The summed E-state index contributed by atoms with van der Waals surface area (Å²) in [5, 5.41) is 0. The molecule has 0 unspecified atom stereocenters. The van der Waals surface area contributed by atoms with E-state index in [2.05, 4.69) is 4.52 Å². The number of hydrogen-bond acceptors (Lipinski definition) is 6. The van der Waals surface area contributed by atoms with Gasteiger partial charge < -0.3 is 38.7 Å². The predicted octanol–water partition coefficient (Wildman–Crippen LogP) is 2.27. The zero-order valence-corrected chi connectivity index (χ0v) is 17.9. The molecular formula is C14H34O11P2. The molecular weight excluding hydrogens is 406 g/mol. The number of hydrogen-bond donors (Lipinski definition) is 5. The summed E-state index contributed by atoms with van der Waals surface area (Å²) in [6.45, 7) is 6.72. The molecule has 0 aromatic rings. The molecule has 0 aliphatic rings. The summed E-state index contributed by atoms with van der Waals surface area (Å²) in [6, 6.07) is 0. The lowest BCUT2D eigenvalue weighted by atomic mass is 10.3. The second-order valence-corrected chi connectivity index (χ2v) is 7.83. The van der Waals surface area contributed by atoms with Crippen LogP contribution in [-0.4, -0.2) is 56.9 Å². The molecule has 0 aliphatic heterocycles. The van der Waals surface area contributed by atoms with Gasteiger partial charge in [-0.1, -0.05) is 40.0 Å². The van der Waals surface area contributed by atoms with Crippen LogP contribution in [-0.2, 0) is 27.9 Å². The van der Waals surface area contributed by atoms with Crippen LogP contribution in [0.15, 0.2) is 0 Å². The lowest BCUT2D eigenvalue weighted by molar-refractivity contribution is -0.390. The van der Waals surface area contributed by atoms with Gasteiger partial charge in [0.2, 0.25) is 0 Å². The van der Waals surface area contributed by atoms with Crippen LogP contribution in [0.4, 0.5) is 0 Å². The van der Waals surface area contributed by atoms with E-state index in [-0.39, 0.29) is 0 Å². The number of phosphoric acid groups is 2. The summed E-state index contributed by atoms with van der Waals surface area (Å²) in [4.78, 5) is 39.4. The fourth-order valence-electron chi connectivity index (χ4n) is 1.53. The molecule has 0 aromatic heterocycles. The van der Waals surface area contributed by atoms with Gasteiger partial charge in [-0.3, -0.25) is 4.52 Å². The van der Waals surface area contributed by atoms with Crippen molar-refractivity contribution in [3.8, 4) is 0 Å². The fraction of sp³-hybridized carbons (Fsp3) is 1.00. The molecule has 27 heavy (non-hydrogen) atoms. The molecule has 0 bridgehead atoms. The lowest BCUT2D eigenvalue weighted by Gasteiger charge is -2.33. The third-order valence-electron chi connectivity index (χ3n) is 2.87. The van der Waals surface area contributed by atoms with Crippen molar-refractivity contribution in [2.24, 2.45) is 0 Å². The first-order valence-corrected chi connectivity index (χ1v) is 11.9. The van der Waals surface area contributed by atoms with E-state index in [0.717, 1.165) is 38.5 Å². The molecule has 11 nitrogen and oxygen atoms in total. The minimum Gasteiger partial charge on any atom is -0.326 e. The lowest BCUT2D eigenvalue weighted by Crippen LogP contribution is -2.44. The molecule has 166 valence electrons. The Balaban J connectivity index is 0. The van der Waals surface area contributed by atoms with E-state index < -0.39 is 28.2 Å². The number of phosphoric ester groups is 1. The zero-order chi connectivity index (χ0) is 21.4. The van der Waals surface area contributed by atoms with Gasteiger partial charge in [-0.05, 0) is 19.3 Å². The molecule has 0 amide bonds. The molecule has 0 spiro atoms. The van der Waals surface area contributed by atoms with Crippen LogP contribution in [0.1, 0.15) is 59.3 Å². The highest BCUT2D eigenvalue weighted by Crippen LogP contribution is 2.38. The van der Waals surface area contributed by atoms with Crippen molar-refractivity contribution >= 4 is 15.6 Å². The minimum absolute atomic E-state index is 0.374. The highest BCUT2D eigenvalue weighted by atomic mass is 31.2. The van der Waals surface area contributed by atoms with E-state index in [9.17, 15) is 4.57 Å². The maximum Gasteiger partial charge on any atom is 0.469 e. The van der Waals surface area contributed by atoms with E-state index in [1.807, 2.05) is 20.8 Å². The molecule has 5 N–H and O–H groups in total. The average Bonchev–Trinajstić information content (AvgIpc) is 2.51. The highest BCUT2D eigenvalue weighted by Gasteiger charge is 2.37. The van der Waals surface area contributed by atoms with Crippen molar-refractivity contribution < 1.29 is 52.3 Å². The highest BCUT2D eigenvalue weighted by molar-refractivity contribution is 7.46. The molecule has 0 aliphatic carbocycles. The number of unbranched alkanes of at least 4 members (excludes halogenated alkanes) is 3. The quantitative estimate of drug-likeness (QED) is 0.144. The van der Waals surface area contributed by atoms with E-state index in [0.29, 0.717) is 19.8 Å². The van der Waals surface area contributed by atoms with Crippen molar-refractivity contribution in [1.82, 2.24) is 0 Å². The predicted molar refractivity (Wildman–Crippen MR) is 97.6 cm³/mol. The van der Waals surface area contributed by atoms with E-state index in [4.69, 9.17) is 43.2 Å². The summed E-state index contributed by atoms with van der Waals surface area (Å²) in [7, 11) is -9.26. The second kappa shape index (κ2) is 16.0. The third-order valence-corrected chi connectivity index (χ3v) is 3.33. The third kappa shape index (κ3) is 24.1. The van der Waals surface area contributed by atoms with Gasteiger partial charge in [-0.25, -0.2) is 9.13 Å². The Hall–Kier alpha value is 0.1000. The summed E-state index contributed by atoms with van der Waals surface area (Å²) >= 11 is 0. The second-order valence-electron chi connectivity index (χ2n) is 5.57. The van der Waals surface area contributed by atoms with Crippen molar-refractivity contribution in [2.45, 2.75) is 65.3 Å². The van der Waals surface area contributed by atoms with Gasteiger partial charge in [0.05, 0.1) is 19.8 Å². The standard InChI is InChI=1S/C14H31O7P.H3O4P/c1-4-7-10-18-14(19-11-8-5-2,20-12-9-6-3)13-21-22(15,16)17;1-5(2,3)4/h4-13H2,1-3H3,(H2,15,16,17);(H3,1,2,3,4). The zero-order valence-electron chi connectivity index (χ0n) is 16.2. The Labute approximate surface area is 160 Å². The van der Waals surface area contributed by atoms with Gasteiger partial charge in [-0.15, -0.1) is 0 Å². The summed E-state index contributed by atoms with van der Waals surface area (Å²) in [5.74, 6) is -1.55. The van der Waals surface area contributed by atoms with Crippen LogP contribution in [0, 0.1) is 0 Å². The average molecular weight is 440 g/mol. The van der Waals surface area contributed by atoms with Crippen LogP contribution in [0.25, 0.3) is 0 Å². The molecule has 0 heterocycles. The molecule has 13 heteroatoms. The van der Waals surface area contributed by atoms with Gasteiger partial charge >= 0.3 is 21.6 Å². The maximum atomic E-state index is 11.0. The van der Waals surface area contributed by atoms with Gasteiger partial charge in [-0.2, -0.15) is 0 Å². The van der Waals surface area contributed by atoms with Crippen molar-refractivity contribution in [2.75, 3.05) is 26.4 Å². The van der Waals surface area contributed by atoms with Gasteiger partial charge in [0, 0.05) is 0 Å². The molecule has 0 aromatic carbocycles. The number of rotatable bonds is 15. The van der Waals surface area contributed by atoms with E-state index in [1.165, 1.54) is 0 Å². The first-order chi connectivity index (χ1) is 12.4. The van der Waals surface area contributed by atoms with Crippen LogP contribution in [0.2, 0.25) is 0 Å². The monoisotopic (exact) mass is 440 g/mol. The Morgan fingerprint density at radius 2 is 1.00 bits per heavy atom. The van der Waals surface area contributed by atoms with Crippen LogP contribution in [0.3, 0.4) is 0 Å². The Bertz CT molecular complexity index is 400. The minimum atomic E-state index is -4.64. The molecule has 0 rings (SSSR count). The fourth-order valence-corrected chi connectivity index (χ4v) is 1.86. The van der Waals surface area contributed by atoms with E-state index >= 15 is 0 Å². The van der Waals surface area contributed by atoms with Gasteiger partial charge in [0.15, 0.2) is 0 Å². The summed E-state index contributed by atoms with van der Waals surface area (Å²) in [5.41, 5.74) is 0. The molecule has 0 saturated carbocycles. The summed E-state index contributed by atoms with van der Waals surface area (Å²) in [6.07, 6.45) is 5.18. The van der Waals surface area contributed by atoms with Crippen LogP contribution < -0.4 is 0 Å². The molecule has 0 fully saturated rings. The Morgan fingerprint density at radius 3 is 1.22 bits per heavy atom. The van der Waals surface area contributed by atoms with Crippen LogP contribution in [0.5, 0.6) is 0 Å². The van der Waals surface area contributed by atoms with Crippen molar-refractivity contribution in [3.05, 3.63) is 0 Å². The normalized spacial score (nSPS) is 12.6. The first-order valence-electron chi connectivity index (χ1n) is 8.79. The first kappa shape index (κ1) is 29.3. The van der Waals surface area contributed by atoms with Gasteiger partial charge in [0.1, 0.15) is 6.61 Å². The van der Waals surface area contributed by atoms with E-state index in [1.54, 1.807) is 0 Å². The van der Waals surface area contributed by atoms with Gasteiger partial charge in [0.25, 0.3) is 0 Å². The molecule has 0 atom stereocenters. The van der Waals surface area contributed by atoms with Crippen molar-refractivity contribution in [1.29, 1.82) is 0 Å². The molecule has 0 radical (unpaired) electrons. The Kier molecular flexibility index (Phi) is 17.3. The summed E-state index contributed by atoms with van der Waals surface area (Å²) < 4.78 is 41.4. The Morgan fingerprint density at radius 1 is 0.704 bits per heavy atom. The topological polar surface area (TPSA) is 172 Å². The van der Waals surface area contributed by atoms with Crippen molar-refractivity contribution in [3.63, 3.8) is 0 Å². The SMILES string of the molecule is CCCCOC(COP(=O)(O)O)(OCCCC)OCCCC.O=P(O)(O)O. The largest absolute Gasteiger partial charge is 0.469 e. The molecule has 0 saturated heterocycles.